The van der Waals surface area contributed by atoms with Crippen molar-refractivity contribution >= 4 is 0 Å². The Morgan fingerprint density at radius 2 is 1.30 bits per heavy atom. The summed E-state index contributed by atoms with van der Waals surface area (Å²) in [6.07, 6.45) is 8.22. The maximum atomic E-state index is 5.80. The van der Waals surface area contributed by atoms with Gasteiger partial charge < -0.3 is 10.6 Å². The van der Waals surface area contributed by atoms with E-state index in [0.717, 1.165) is 30.2 Å². The van der Waals surface area contributed by atoms with Crippen LogP contribution in [0.25, 0.3) is 0 Å². The molecule has 0 heterocycles. The van der Waals surface area contributed by atoms with E-state index in [0.29, 0.717) is 0 Å². The zero-order valence-electron chi connectivity index (χ0n) is 14.4. The standard InChI is InChI=1S/C18H38N2/c1-15(2)9-11-20(12-10-16(3)4)14-18-7-5-17(13-19)6-8-18/h15-18H,5-14,19H2,1-4H3. The minimum absolute atomic E-state index is 0.811. The molecule has 1 rings (SSSR count). The van der Waals surface area contributed by atoms with Crippen molar-refractivity contribution in [3.05, 3.63) is 0 Å². The van der Waals surface area contributed by atoms with Crippen molar-refractivity contribution in [2.24, 2.45) is 29.4 Å². The van der Waals surface area contributed by atoms with Crippen LogP contribution < -0.4 is 5.73 Å². The molecule has 0 amide bonds. The molecule has 0 saturated heterocycles. The molecule has 0 unspecified atom stereocenters. The molecule has 0 spiro atoms. The van der Waals surface area contributed by atoms with Crippen LogP contribution in [0.1, 0.15) is 66.2 Å². The SMILES string of the molecule is CC(C)CCN(CCC(C)C)CC1CCC(CN)CC1. The maximum Gasteiger partial charge on any atom is 0.000966 e. The number of rotatable bonds is 9. The summed E-state index contributed by atoms with van der Waals surface area (Å²) in [5, 5.41) is 0. The fraction of sp³-hybridized carbons (Fsp3) is 1.00. The average molecular weight is 283 g/mol. The molecule has 0 aliphatic heterocycles. The number of nitrogens with two attached hydrogens (primary N) is 1. The summed E-state index contributed by atoms with van der Waals surface area (Å²) in [4.78, 5) is 2.74. The fourth-order valence-electron chi connectivity index (χ4n) is 3.19. The molecule has 1 aliphatic rings. The molecule has 0 aromatic carbocycles. The summed E-state index contributed by atoms with van der Waals surface area (Å²) in [6, 6.07) is 0. The van der Waals surface area contributed by atoms with Crippen molar-refractivity contribution in [3.8, 4) is 0 Å². The third-order valence-corrected chi connectivity index (χ3v) is 4.86. The topological polar surface area (TPSA) is 29.3 Å². The molecule has 0 bridgehead atoms. The van der Waals surface area contributed by atoms with Crippen molar-refractivity contribution in [3.63, 3.8) is 0 Å². The Kier molecular flexibility index (Phi) is 8.79. The molecular formula is C18H38N2. The van der Waals surface area contributed by atoms with Gasteiger partial charge >= 0.3 is 0 Å². The molecule has 0 aromatic rings. The minimum atomic E-state index is 0.811. The lowest BCUT2D eigenvalue weighted by atomic mass is 9.82. The van der Waals surface area contributed by atoms with Crippen molar-refractivity contribution in [1.82, 2.24) is 4.90 Å². The average Bonchev–Trinajstić information content (AvgIpc) is 2.42. The lowest BCUT2D eigenvalue weighted by molar-refractivity contribution is 0.169. The van der Waals surface area contributed by atoms with Gasteiger partial charge in [-0.3, -0.25) is 0 Å². The highest BCUT2D eigenvalue weighted by Crippen LogP contribution is 2.29. The molecular weight excluding hydrogens is 244 g/mol. The van der Waals surface area contributed by atoms with Crippen LogP contribution in [0, 0.1) is 23.7 Å². The molecule has 20 heavy (non-hydrogen) atoms. The molecule has 0 atom stereocenters. The van der Waals surface area contributed by atoms with Gasteiger partial charge in [0.1, 0.15) is 0 Å². The second kappa shape index (κ2) is 9.78. The molecule has 1 saturated carbocycles. The number of hydrogen-bond acceptors (Lipinski definition) is 2. The van der Waals surface area contributed by atoms with Gasteiger partial charge in [-0.25, -0.2) is 0 Å². The maximum absolute atomic E-state index is 5.80. The normalized spacial score (nSPS) is 24.0. The molecule has 2 nitrogen and oxygen atoms in total. The zero-order valence-corrected chi connectivity index (χ0v) is 14.4. The van der Waals surface area contributed by atoms with E-state index >= 15 is 0 Å². The van der Waals surface area contributed by atoms with Gasteiger partial charge in [-0.15, -0.1) is 0 Å². The van der Waals surface area contributed by atoms with Crippen LogP contribution in [-0.2, 0) is 0 Å². The van der Waals surface area contributed by atoms with Gasteiger partial charge in [-0.1, -0.05) is 27.7 Å². The second-order valence-corrected chi connectivity index (χ2v) is 7.79. The summed E-state index contributed by atoms with van der Waals surface area (Å²) < 4.78 is 0. The van der Waals surface area contributed by atoms with Gasteiger partial charge in [0.2, 0.25) is 0 Å². The van der Waals surface area contributed by atoms with Crippen molar-refractivity contribution in [2.45, 2.75) is 66.2 Å². The fourth-order valence-corrected chi connectivity index (χ4v) is 3.19. The number of nitrogens with zero attached hydrogens (tertiary/aromatic N) is 1. The van der Waals surface area contributed by atoms with E-state index in [1.165, 1.54) is 58.2 Å². The summed E-state index contributed by atoms with van der Waals surface area (Å²) in [6.45, 7) is 14.2. The molecule has 0 aromatic heterocycles. The predicted octanol–water partition coefficient (Wildman–Crippen LogP) is 4.15. The lowest BCUT2D eigenvalue weighted by Gasteiger charge is -2.33. The summed E-state index contributed by atoms with van der Waals surface area (Å²) >= 11 is 0. The van der Waals surface area contributed by atoms with E-state index in [1.807, 2.05) is 0 Å². The third-order valence-electron chi connectivity index (χ3n) is 4.86. The highest BCUT2D eigenvalue weighted by molar-refractivity contribution is 4.76. The van der Waals surface area contributed by atoms with Crippen LogP contribution in [-0.4, -0.2) is 31.1 Å². The van der Waals surface area contributed by atoms with E-state index in [9.17, 15) is 0 Å². The van der Waals surface area contributed by atoms with Crippen LogP contribution in [0.4, 0.5) is 0 Å². The van der Waals surface area contributed by atoms with Crippen LogP contribution >= 0.6 is 0 Å². The summed E-state index contributed by atoms with van der Waals surface area (Å²) in [5.74, 6) is 3.39. The molecule has 120 valence electrons. The van der Waals surface area contributed by atoms with Gasteiger partial charge in [0.05, 0.1) is 0 Å². The molecule has 2 N–H and O–H groups in total. The van der Waals surface area contributed by atoms with Gasteiger partial charge in [0, 0.05) is 6.54 Å². The van der Waals surface area contributed by atoms with E-state index < -0.39 is 0 Å². The summed E-state index contributed by atoms with van der Waals surface area (Å²) in [7, 11) is 0. The zero-order chi connectivity index (χ0) is 15.0. The Labute approximate surface area is 127 Å². The van der Waals surface area contributed by atoms with E-state index in [1.54, 1.807) is 0 Å². The minimum Gasteiger partial charge on any atom is -0.330 e. The number of hydrogen-bond donors (Lipinski definition) is 1. The quantitative estimate of drug-likeness (QED) is 0.688. The first kappa shape index (κ1) is 18.0. The van der Waals surface area contributed by atoms with Gasteiger partial charge in [0.15, 0.2) is 0 Å². The largest absolute Gasteiger partial charge is 0.330 e. The monoisotopic (exact) mass is 282 g/mol. The van der Waals surface area contributed by atoms with Gasteiger partial charge in [-0.05, 0) is 81.8 Å². The van der Waals surface area contributed by atoms with Crippen LogP contribution in [0.2, 0.25) is 0 Å². The Balaban J connectivity index is 2.34. The van der Waals surface area contributed by atoms with Crippen LogP contribution in [0.5, 0.6) is 0 Å². The van der Waals surface area contributed by atoms with E-state index in [4.69, 9.17) is 5.73 Å². The van der Waals surface area contributed by atoms with Crippen LogP contribution in [0.15, 0.2) is 0 Å². The molecule has 0 radical (unpaired) electrons. The van der Waals surface area contributed by atoms with Crippen molar-refractivity contribution in [1.29, 1.82) is 0 Å². The molecule has 2 heteroatoms. The molecule has 1 fully saturated rings. The van der Waals surface area contributed by atoms with Crippen molar-refractivity contribution in [2.75, 3.05) is 26.2 Å². The van der Waals surface area contributed by atoms with Crippen molar-refractivity contribution < 1.29 is 0 Å². The first-order valence-corrected chi connectivity index (χ1v) is 8.93. The Morgan fingerprint density at radius 3 is 1.70 bits per heavy atom. The highest BCUT2D eigenvalue weighted by Gasteiger charge is 2.22. The first-order chi connectivity index (χ1) is 9.51. The lowest BCUT2D eigenvalue weighted by Crippen LogP contribution is -2.34. The van der Waals surface area contributed by atoms with Crippen LogP contribution in [0.3, 0.4) is 0 Å². The predicted molar refractivity (Wildman–Crippen MR) is 89.9 cm³/mol. The highest BCUT2D eigenvalue weighted by atomic mass is 15.1. The van der Waals surface area contributed by atoms with E-state index in [-0.39, 0.29) is 0 Å². The Bertz CT molecular complexity index is 218. The van der Waals surface area contributed by atoms with Gasteiger partial charge in [0.25, 0.3) is 0 Å². The molecule has 1 aliphatic carbocycles. The third kappa shape index (κ3) is 7.64. The first-order valence-electron chi connectivity index (χ1n) is 8.93. The summed E-state index contributed by atoms with van der Waals surface area (Å²) in [5.41, 5.74) is 5.80. The second-order valence-electron chi connectivity index (χ2n) is 7.79. The Hall–Kier alpha value is -0.0800. The Morgan fingerprint density at radius 1 is 0.850 bits per heavy atom. The van der Waals surface area contributed by atoms with E-state index in [2.05, 4.69) is 32.6 Å². The van der Waals surface area contributed by atoms with Gasteiger partial charge in [-0.2, -0.15) is 0 Å². The smallest absolute Gasteiger partial charge is 0.000966 e.